The summed E-state index contributed by atoms with van der Waals surface area (Å²) in [6.07, 6.45) is 10.7. The summed E-state index contributed by atoms with van der Waals surface area (Å²) >= 11 is 1.58. The number of aromatic nitrogens is 3. The van der Waals surface area contributed by atoms with Crippen LogP contribution in [0, 0.1) is 0 Å². The molecule has 0 aliphatic carbocycles. The summed E-state index contributed by atoms with van der Waals surface area (Å²) in [5.41, 5.74) is 4.43. The number of thiazole rings is 1. The maximum atomic E-state index is 12.5. The number of piperidine rings is 1. The molecule has 2 aliphatic heterocycles. The Morgan fingerprint density at radius 3 is 2.54 bits per heavy atom. The van der Waals surface area contributed by atoms with Crippen LogP contribution in [0.15, 0.2) is 36.7 Å². The van der Waals surface area contributed by atoms with Gasteiger partial charge in [0.05, 0.1) is 15.5 Å². The fraction of sp³-hybridized carbons (Fsp3) is 0.519. The zero-order valence-corrected chi connectivity index (χ0v) is 23.4. The fourth-order valence-electron chi connectivity index (χ4n) is 4.84. The highest BCUT2D eigenvalue weighted by Crippen LogP contribution is 2.33. The summed E-state index contributed by atoms with van der Waals surface area (Å²) < 4.78 is 33.9. The third kappa shape index (κ3) is 5.81. The molecule has 1 aromatic carbocycles. The molecule has 4 heterocycles. The summed E-state index contributed by atoms with van der Waals surface area (Å²) in [6.45, 7) is 8.31. The van der Waals surface area contributed by atoms with Crippen molar-refractivity contribution in [3.63, 3.8) is 0 Å². The normalized spacial score (nSPS) is 17.9. The van der Waals surface area contributed by atoms with Gasteiger partial charge in [-0.25, -0.2) is 23.4 Å². The van der Waals surface area contributed by atoms with Gasteiger partial charge in [-0.15, -0.1) is 0 Å². The van der Waals surface area contributed by atoms with Crippen molar-refractivity contribution in [2.45, 2.75) is 64.2 Å². The van der Waals surface area contributed by atoms with Gasteiger partial charge in [0.1, 0.15) is 6.10 Å². The predicted molar refractivity (Wildman–Crippen MR) is 150 cm³/mol. The maximum Gasteiger partial charge on any atom is 0.274 e. The molecule has 0 atom stereocenters. The van der Waals surface area contributed by atoms with Crippen LogP contribution >= 0.6 is 11.3 Å². The fourth-order valence-corrected chi connectivity index (χ4v) is 6.99. The Bertz CT molecular complexity index is 1360. The molecule has 0 saturated carbocycles. The van der Waals surface area contributed by atoms with E-state index >= 15 is 0 Å². The molecule has 198 valence electrons. The van der Waals surface area contributed by atoms with Gasteiger partial charge < -0.3 is 9.64 Å². The Kier molecular flexibility index (Phi) is 7.78. The smallest absolute Gasteiger partial charge is 0.274 e. The first-order valence-corrected chi connectivity index (χ1v) is 15.5. The first-order chi connectivity index (χ1) is 17.8. The Morgan fingerprint density at radius 2 is 1.89 bits per heavy atom. The monoisotopic (exact) mass is 541 g/mol. The molecule has 2 aromatic heterocycles. The minimum absolute atomic E-state index is 0.130. The highest BCUT2D eigenvalue weighted by atomic mass is 32.2. The number of aryl methyl sites for hydroxylation is 1. The third-order valence-electron chi connectivity index (χ3n) is 7.09. The van der Waals surface area contributed by atoms with E-state index in [4.69, 9.17) is 9.72 Å². The quantitative estimate of drug-likeness (QED) is 0.400. The second-order valence-electron chi connectivity index (χ2n) is 10.0. The van der Waals surface area contributed by atoms with Crippen molar-refractivity contribution < 1.29 is 13.2 Å². The van der Waals surface area contributed by atoms with E-state index in [-0.39, 0.29) is 6.10 Å². The van der Waals surface area contributed by atoms with Crippen molar-refractivity contribution in [2.75, 3.05) is 31.1 Å². The second-order valence-corrected chi connectivity index (χ2v) is 13.5. The average molecular weight is 542 g/mol. The van der Waals surface area contributed by atoms with Gasteiger partial charge in [0.25, 0.3) is 5.19 Å². The number of fused-ring (bicyclic) bond motifs is 1. The third-order valence-corrected chi connectivity index (χ3v) is 10.2. The first kappa shape index (κ1) is 26.1. The zero-order chi connectivity index (χ0) is 26.0. The largest absolute Gasteiger partial charge is 0.467 e. The number of sulfonamides is 1. The van der Waals surface area contributed by atoms with E-state index < -0.39 is 15.3 Å². The van der Waals surface area contributed by atoms with Crippen molar-refractivity contribution in [2.24, 2.45) is 0 Å². The molecule has 37 heavy (non-hydrogen) atoms. The topological polar surface area (TPSA) is 88.5 Å². The molecular weight excluding hydrogens is 506 g/mol. The number of hydrogen-bond acceptors (Lipinski definition) is 8. The predicted octanol–water partition coefficient (Wildman–Crippen LogP) is 4.91. The molecule has 0 radical (unpaired) electrons. The van der Waals surface area contributed by atoms with E-state index in [2.05, 4.69) is 33.9 Å². The number of hydrogen-bond donors (Lipinski definition) is 0. The van der Waals surface area contributed by atoms with Gasteiger partial charge in [-0.3, -0.25) is 0 Å². The van der Waals surface area contributed by atoms with E-state index in [1.54, 1.807) is 29.5 Å². The van der Waals surface area contributed by atoms with Crippen LogP contribution in [0.25, 0.3) is 15.8 Å². The van der Waals surface area contributed by atoms with Crippen LogP contribution in [-0.2, 0) is 16.4 Å². The molecule has 5 rings (SSSR count). The number of ether oxygens (including phenoxy) is 1. The molecule has 1 saturated heterocycles. The lowest BCUT2D eigenvalue weighted by atomic mass is 10.0. The Balaban J connectivity index is 1.19. The van der Waals surface area contributed by atoms with Crippen LogP contribution in [0.3, 0.4) is 0 Å². The van der Waals surface area contributed by atoms with Crippen LogP contribution in [0.4, 0.5) is 5.95 Å². The number of nitrogens with zero attached hydrogens (tertiary/aromatic N) is 5. The van der Waals surface area contributed by atoms with Crippen LogP contribution in [0.5, 0.6) is 5.19 Å². The van der Waals surface area contributed by atoms with Gasteiger partial charge in [-0.05, 0) is 55.5 Å². The maximum absolute atomic E-state index is 12.5. The van der Waals surface area contributed by atoms with Gasteiger partial charge in [-0.2, -0.15) is 4.31 Å². The van der Waals surface area contributed by atoms with Gasteiger partial charge in [-0.1, -0.05) is 36.8 Å². The van der Waals surface area contributed by atoms with Crippen LogP contribution < -0.4 is 9.64 Å². The first-order valence-electron chi connectivity index (χ1n) is 13.1. The van der Waals surface area contributed by atoms with Crippen LogP contribution in [0.2, 0.25) is 0 Å². The molecular formula is C27H35N5O3S2. The van der Waals surface area contributed by atoms with Crippen molar-refractivity contribution in [1.29, 1.82) is 0 Å². The molecule has 0 unspecified atom stereocenters. The summed E-state index contributed by atoms with van der Waals surface area (Å²) in [5.74, 6) is 0.799. The zero-order valence-electron chi connectivity index (χ0n) is 21.8. The SMILES string of the molecule is CCCc1cnc(N2CCC(Oc3nc4ccc(C5=CCN(S(=O)(=O)C(C)C)CC5)cc4s3)CC2)nc1. The molecule has 8 nitrogen and oxygen atoms in total. The Morgan fingerprint density at radius 1 is 1.14 bits per heavy atom. The van der Waals surface area contributed by atoms with E-state index in [0.29, 0.717) is 24.7 Å². The second kappa shape index (κ2) is 11.0. The Hall–Kier alpha value is -2.56. The van der Waals surface area contributed by atoms with Crippen LogP contribution in [0.1, 0.15) is 57.6 Å². The van der Waals surface area contributed by atoms with Crippen molar-refractivity contribution >= 4 is 43.1 Å². The van der Waals surface area contributed by atoms with Crippen molar-refractivity contribution in [3.05, 3.63) is 47.8 Å². The van der Waals surface area contributed by atoms with E-state index in [9.17, 15) is 8.42 Å². The molecule has 2 aliphatic rings. The molecule has 0 spiro atoms. The van der Waals surface area contributed by atoms with Crippen molar-refractivity contribution in [1.82, 2.24) is 19.3 Å². The summed E-state index contributed by atoms with van der Waals surface area (Å²) in [7, 11) is -3.22. The van der Waals surface area contributed by atoms with Crippen LogP contribution in [-0.4, -0.2) is 65.2 Å². The summed E-state index contributed by atoms with van der Waals surface area (Å²) in [6, 6.07) is 6.27. The molecule has 10 heteroatoms. The molecule has 0 N–H and O–H groups in total. The molecule has 0 amide bonds. The Labute approximate surface area is 223 Å². The van der Waals surface area contributed by atoms with Gasteiger partial charge >= 0.3 is 0 Å². The van der Waals surface area contributed by atoms with Gasteiger partial charge in [0.15, 0.2) is 0 Å². The number of benzene rings is 1. The molecule has 3 aromatic rings. The minimum atomic E-state index is -3.22. The van der Waals surface area contributed by atoms with Gasteiger partial charge in [0, 0.05) is 51.4 Å². The standard InChI is InChI=1S/C27H35N5O3S2/c1-4-5-20-17-28-26(29-18-20)31-12-10-23(11-13-31)35-27-30-24-7-6-22(16-25(24)36-27)21-8-14-32(15-9-21)37(33,34)19(2)3/h6-8,16-19,23H,4-5,9-15H2,1-3H3. The molecule has 1 fully saturated rings. The molecule has 0 bridgehead atoms. The number of anilines is 1. The minimum Gasteiger partial charge on any atom is -0.467 e. The lowest BCUT2D eigenvalue weighted by Gasteiger charge is -2.31. The number of rotatable bonds is 8. The lowest BCUT2D eigenvalue weighted by molar-refractivity contribution is 0.170. The summed E-state index contributed by atoms with van der Waals surface area (Å²) in [5, 5.41) is 0.310. The lowest BCUT2D eigenvalue weighted by Crippen LogP contribution is -2.39. The van der Waals surface area contributed by atoms with Crippen molar-refractivity contribution in [3.8, 4) is 5.19 Å². The van der Waals surface area contributed by atoms with E-state index in [1.807, 2.05) is 24.5 Å². The highest BCUT2D eigenvalue weighted by Gasteiger charge is 2.27. The van der Waals surface area contributed by atoms with E-state index in [0.717, 1.165) is 60.5 Å². The van der Waals surface area contributed by atoms with E-state index in [1.165, 1.54) is 11.1 Å². The summed E-state index contributed by atoms with van der Waals surface area (Å²) in [4.78, 5) is 16.1. The average Bonchev–Trinajstić information content (AvgIpc) is 3.31. The van der Waals surface area contributed by atoms with Gasteiger partial charge in [0.2, 0.25) is 16.0 Å². The highest BCUT2D eigenvalue weighted by molar-refractivity contribution is 7.89.